The van der Waals surface area contributed by atoms with Crippen molar-refractivity contribution in [2.75, 3.05) is 26.3 Å². The standard InChI is InChI=1S/C22H29NO5S/c1-20(2,3)17-4-6-19(7-5-17)29(25,26)23-11-8-18-14-22(27-12-13-28-22)10-9-21(18,15-23)16-24/h4-8,16H,9-15H2,1-3H3. The molecule has 2 fully saturated rings. The molecule has 7 heteroatoms. The molecule has 6 nitrogen and oxygen atoms in total. The van der Waals surface area contributed by atoms with Crippen molar-refractivity contribution < 1.29 is 22.7 Å². The second kappa shape index (κ2) is 7.01. The first-order valence-corrected chi connectivity index (χ1v) is 11.6. The van der Waals surface area contributed by atoms with Crippen molar-refractivity contribution in [3.8, 4) is 0 Å². The van der Waals surface area contributed by atoms with E-state index in [4.69, 9.17) is 9.47 Å². The molecule has 1 unspecified atom stereocenters. The molecule has 1 aromatic carbocycles. The van der Waals surface area contributed by atoms with Crippen LogP contribution in [0.15, 0.2) is 40.8 Å². The highest BCUT2D eigenvalue weighted by molar-refractivity contribution is 7.89. The normalized spacial score (nSPS) is 27.5. The monoisotopic (exact) mass is 419 g/mol. The molecule has 4 rings (SSSR count). The number of benzene rings is 1. The van der Waals surface area contributed by atoms with E-state index in [0.29, 0.717) is 32.5 Å². The largest absolute Gasteiger partial charge is 0.347 e. The number of sulfonamides is 1. The molecule has 2 aliphatic heterocycles. The number of ether oxygens (including phenoxy) is 2. The SMILES string of the molecule is CC(C)(C)c1ccc(S(=O)(=O)N2CC=C3CC4(CCC3(C=O)C2)OCCO4)cc1. The van der Waals surface area contributed by atoms with E-state index in [1.54, 1.807) is 12.1 Å². The second-order valence-electron chi connectivity index (χ2n) is 9.36. The molecule has 29 heavy (non-hydrogen) atoms. The number of rotatable bonds is 3. The number of aldehydes is 1. The van der Waals surface area contributed by atoms with E-state index >= 15 is 0 Å². The molecular weight excluding hydrogens is 390 g/mol. The molecule has 1 spiro atoms. The van der Waals surface area contributed by atoms with Gasteiger partial charge in [-0.15, -0.1) is 0 Å². The molecule has 0 amide bonds. The van der Waals surface area contributed by atoms with Gasteiger partial charge in [-0.3, -0.25) is 0 Å². The zero-order chi connectivity index (χ0) is 20.9. The third-order valence-electron chi connectivity index (χ3n) is 6.45. The van der Waals surface area contributed by atoms with Crippen molar-refractivity contribution >= 4 is 16.3 Å². The Morgan fingerprint density at radius 2 is 1.72 bits per heavy atom. The van der Waals surface area contributed by atoms with Crippen molar-refractivity contribution in [3.63, 3.8) is 0 Å². The van der Waals surface area contributed by atoms with Gasteiger partial charge in [0, 0.05) is 25.9 Å². The van der Waals surface area contributed by atoms with Crippen LogP contribution in [0.5, 0.6) is 0 Å². The fourth-order valence-corrected chi connectivity index (χ4v) is 6.00. The first-order chi connectivity index (χ1) is 13.6. The lowest BCUT2D eigenvalue weighted by atomic mass is 9.67. The maximum absolute atomic E-state index is 13.3. The maximum Gasteiger partial charge on any atom is 0.243 e. The molecule has 1 saturated heterocycles. The molecule has 3 aliphatic rings. The molecule has 0 bridgehead atoms. The molecule has 1 saturated carbocycles. The number of carbonyl (C=O) groups excluding carboxylic acids is 1. The molecule has 0 aromatic heterocycles. The third-order valence-corrected chi connectivity index (χ3v) is 8.27. The van der Waals surface area contributed by atoms with Gasteiger partial charge in [-0.25, -0.2) is 8.42 Å². The van der Waals surface area contributed by atoms with Crippen LogP contribution in [0, 0.1) is 5.41 Å². The van der Waals surface area contributed by atoms with E-state index in [-0.39, 0.29) is 23.4 Å². The van der Waals surface area contributed by atoms with Crippen molar-refractivity contribution in [3.05, 3.63) is 41.5 Å². The first kappa shape index (κ1) is 20.7. The van der Waals surface area contributed by atoms with Crippen LogP contribution in [0.1, 0.15) is 45.6 Å². The number of carbonyl (C=O) groups is 1. The predicted molar refractivity (Wildman–Crippen MR) is 109 cm³/mol. The molecule has 2 heterocycles. The summed E-state index contributed by atoms with van der Waals surface area (Å²) in [5.74, 6) is -0.637. The summed E-state index contributed by atoms with van der Waals surface area (Å²) in [6.45, 7) is 7.82. The Morgan fingerprint density at radius 3 is 2.31 bits per heavy atom. The maximum atomic E-state index is 13.3. The van der Waals surface area contributed by atoms with Gasteiger partial charge < -0.3 is 14.3 Å². The Hall–Kier alpha value is -1.54. The van der Waals surface area contributed by atoms with Gasteiger partial charge in [-0.05, 0) is 29.5 Å². The summed E-state index contributed by atoms with van der Waals surface area (Å²) in [5.41, 5.74) is 1.18. The van der Waals surface area contributed by atoms with Crippen molar-refractivity contribution in [2.45, 2.75) is 56.1 Å². The molecule has 1 atom stereocenters. The van der Waals surface area contributed by atoms with Gasteiger partial charge in [0.1, 0.15) is 6.29 Å². The van der Waals surface area contributed by atoms with Gasteiger partial charge in [-0.1, -0.05) is 44.6 Å². The topological polar surface area (TPSA) is 72.9 Å². The average molecular weight is 420 g/mol. The molecule has 0 radical (unpaired) electrons. The van der Waals surface area contributed by atoms with Crippen LogP contribution in [-0.4, -0.2) is 51.1 Å². The van der Waals surface area contributed by atoms with Gasteiger partial charge in [0.25, 0.3) is 0 Å². The Morgan fingerprint density at radius 1 is 1.07 bits per heavy atom. The Balaban J connectivity index is 1.60. The number of hydrogen-bond donors (Lipinski definition) is 0. The predicted octanol–water partition coefficient (Wildman–Crippen LogP) is 3.03. The lowest BCUT2D eigenvalue weighted by molar-refractivity contribution is -0.178. The van der Waals surface area contributed by atoms with Crippen LogP contribution in [-0.2, 0) is 29.7 Å². The van der Waals surface area contributed by atoms with Gasteiger partial charge >= 0.3 is 0 Å². The number of nitrogens with zero attached hydrogens (tertiary/aromatic N) is 1. The van der Waals surface area contributed by atoms with Crippen molar-refractivity contribution in [2.24, 2.45) is 5.41 Å². The van der Waals surface area contributed by atoms with E-state index in [1.807, 2.05) is 18.2 Å². The fraction of sp³-hybridized carbons (Fsp3) is 0.591. The number of fused-ring (bicyclic) bond motifs is 1. The summed E-state index contributed by atoms with van der Waals surface area (Å²) in [6.07, 6.45) is 4.45. The highest BCUT2D eigenvalue weighted by atomic mass is 32.2. The Bertz CT molecular complexity index is 923. The molecule has 158 valence electrons. The van der Waals surface area contributed by atoms with Gasteiger partial charge in [-0.2, -0.15) is 4.31 Å². The van der Waals surface area contributed by atoms with Crippen LogP contribution in [0.25, 0.3) is 0 Å². The van der Waals surface area contributed by atoms with Gasteiger partial charge in [0.2, 0.25) is 10.0 Å². The van der Waals surface area contributed by atoms with E-state index in [2.05, 4.69) is 20.8 Å². The van der Waals surface area contributed by atoms with Crippen LogP contribution in [0.2, 0.25) is 0 Å². The summed E-state index contributed by atoms with van der Waals surface area (Å²) in [6, 6.07) is 7.07. The van der Waals surface area contributed by atoms with Crippen LogP contribution in [0.4, 0.5) is 0 Å². The van der Waals surface area contributed by atoms with Crippen LogP contribution in [0.3, 0.4) is 0 Å². The zero-order valence-electron chi connectivity index (χ0n) is 17.3. The van der Waals surface area contributed by atoms with Gasteiger partial charge in [0.05, 0.1) is 23.5 Å². The summed E-state index contributed by atoms with van der Waals surface area (Å²) in [4.78, 5) is 12.4. The minimum absolute atomic E-state index is 0.0466. The van der Waals surface area contributed by atoms with Crippen molar-refractivity contribution in [1.29, 1.82) is 0 Å². The first-order valence-electron chi connectivity index (χ1n) is 10.1. The fourth-order valence-electron chi connectivity index (χ4n) is 4.55. The smallest absolute Gasteiger partial charge is 0.243 e. The lowest BCUT2D eigenvalue weighted by Gasteiger charge is -2.46. The second-order valence-corrected chi connectivity index (χ2v) is 11.3. The minimum atomic E-state index is -3.68. The summed E-state index contributed by atoms with van der Waals surface area (Å²) >= 11 is 0. The highest BCUT2D eigenvalue weighted by Gasteiger charge is 2.52. The highest BCUT2D eigenvalue weighted by Crippen LogP contribution is 2.49. The minimum Gasteiger partial charge on any atom is -0.347 e. The number of hydrogen-bond acceptors (Lipinski definition) is 5. The quantitative estimate of drug-likeness (QED) is 0.556. The molecule has 1 aromatic rings. The van der Waals surface area contributed by atoms with E-state index < -0.39 is 21.2 Å². The summed E-state index contributed by atoms with van der Waals surface area (Å²) < 4.78 is 39.6. The van der Waals surface area contributed by atoms with Gasteiger partial charge in [0.15, 0.2) is 5.79 Å². The van der Waals surface area contributed by atoms with Crippen LogP contribution < -0.4 is 0 Å². The zero-order valence-corrected chi connectivity index (χ0v) is 18.1. The van der Waals surface area contributed by atoms with E-state index in [9.17, 15) is 13.2 Å². The van der Waals surface area contributed by atoms with Crippen molar-refractivity contribution in [1.82, 2.24) is 4.31 Å². The Labute approximate surface area is 172 Å². The molecule has 1 aliphatic carbocycles. The lowest BCUT2D eigenvalue weighted by Crippen LogP contribution is -2.52. The average Bonchev–Trinajstić information content (AvgIpc) is 3.15. The summed E-state index contributed by atoms with van der Waals surface area (Å²) in [5, 5.41) is 0. The molecular formula is C22H29NO5S. The summed E-state index contributed by atoms with van der Waals surface area (Å²) in [7, 11) is -3.68. The van der Waals surface area contributed by atoms with E-state index in [0.717, 1.165) is 17.4 Å². The molecule has 0 N–H and O–H groups in total. The third kappa shape index (κ3) is 3.58. The van der Waals surface area contributed by atoms with Crippen LogP contribution >= 0.6 is 0 Å². The Kier molecular flexibility index (Phi) is 5.01. The van der Waals surface area contributed by atoms with E-state index in [1.165, 1.54) is 4.31 Å².